The lowest BCUT2D eigenvalue weighted by molar-refractivity contribution is 0.0600. The second kappa shape index (κ2) is 6.74. The summed E-state index contributed by atoms with van der Waals surface area (Å²) < 4.78 is 11.9. The van der Waals surface area contributed by atoms with E-state index in [1.54, 1.807) is 19.5 Å². The summed E-state index contributed by atoms with van der Waals surface area (Å²) in [6, 6.07) is 3.73. The summed E-state index contributed by atoms with van der Waals surface area (Å²) in [5, 5.41) is 0.378. The first kappa shape index (κ1) is 15.5. The molecule has 0 radical (unpaired) electrons. The molecule has 112 valence electrons. The molecule has 0 aliphatic rings. The molecule has 0 aliphatic carbocycles. The minimum atomic E-state index is -0.446. The summed E-state index contributed by atoms with van der Waals surface area (Å²) in [7, 11) is 2.97. The Labute approximate surface area is 128 Å². The minimum absolute atomic E-state index is 0.378. The molecule has 0 atom stereocenters. The Balaban J connectivity index is 2.64. The molecule has 2 rings (SSSR count). The molecule has 0 fully saturated rings. The van der Waals surface area contributed by atoms with Crippen molar-refractivity contribution < 1.29 is 14.3 Å². The Bertz CT molecular complexity index is 638. The first-order chi connectivity index (χ1) is 10.1. The molecular formula is C15H17ClN2O3. The Kier molecular flexibility index (Phi) is 4.98. The van der Waals surface area contributed by atoms with Crippen LogP contribution < -0.4 is 0 Å². The minimum Gasteiger partial charge on any atom is -0.465 e. The molecule has 2 aromatic rings. The molecule has 2 heterocycles. The van der Waals surface area contributed by atoms with E-state index in [2.05, 4.69) is 4.98 Å². The van der Waals surface area contributed by atoms with Crippen LogP contribution in [0.25, 0.3) is 11.3 Å². The number of ether oxygens (including phenoxy) is 2. The maximum atomic E-state index is 12.0. The highest BCUT2D eigenvalue weighted by Gasteiger charge is 2.25. The monoisotopic (exact) mass is 308 g/mol. The molecule has 2 aromatic heterocycles. The molecule has 0 bridgehead atoms. The number of halogens is 1. The van der Waals surface area contributed by atoms with E-state index in [0.717, 1.165) is 17.0 Å². The van der Waals surface area contributed by atoms with Gasteiger partial charge in [0, 0.05) is 37.3 Å². The van der Waals surface area contributed by atoms with Crippen LogP contribution in [-0.2, 0) is 16.0 Å². The second-order valence-electron chi connectivity index (χ2n) is 4.50. The summed E-state index contributed by atoms with van der Waals surface area (Å²) >= 11 is 6.43. The Hall–Kier alpha value is -1.85. The zero-order valence-electron chi connectivity index (χ0n) is 12.2. The standard InChI is InChI=1S/C15H17ClN2O3/c1-10-12(15(19)21-3)13(16)14(18(10)7-8-20-2)11-5-4-6-17-9-11/h4-6,9H,7-8H2,1-3H3. The highest BCUT2D eigenvalue weighted by Crippen LogP contribution is 2.35. The van der Waals surface area contributed by atoms with Crippen LogP contribution in [0, 0.1) is 6.92 Å². The van der Waals surface area contributed by atoms with Crippen LogP contribution in [0.4, 0.5) is 0 Å². The van der Waals surface area contributed by atoms with E-state index >= 15 is 0 Å². The lowest BCUT2D eigenvalue weighted by Crippen LogP contribution is -2.09. The van der Waals surface area contributed by atoms with Gasteiger partial charge in [0.15, 0.2) is 0 Å². The van der Waals surface area contributed by atoms with Gasteiger partial charge in [0.25, 0.3) is 0 Å². The maximum Gasteiger partial charge on any atom is 0.341 e. The Morgan fingerprint density at radius 2 is 2.19 bits per heavy atom. The maximum absolute atomic E-state index is 12.0. The normalized spacial score (nSPS) is 10.7. The number of esters is 1. The van der Waals surface area contributed by atoms with Crippen molar-refractivity contribution in [1.82, 2.24) is 9.55 Å². The van der Waals surface area contributed by atoms with Crippen molar-refractivity contribution in [2.24, 2.45) is 0 Å². The van der Waals surface area contributed by atoms with E-state index in [0.29, 0.717) is 23.7 Å². The Morgan fingerprint density at radius 3 is 2.76 bits per heavy atom. The summed E-state index contributed by atoms with van der Waals surface area (Å²) in [5.41, 5.74) is 2.73. The molecule has 0 unspecified atom stereocenters. The first-order valence-corrected chi connectivity index (χ1v) is 6.85. The van der Waals surface area contributed by atoms with Crippen LogP contribution in [0.5, 0.6) is 0 Å². The van der Waals surface area contributed by atoms with Crippen molar-refractivity contribution in [2.75, 3.05) is 20.8 Å². The third-order valence-electron chi connectivity index (χ3n) is 3.31. The molecule has 0 saturated heterocycles. The number of carbonyl (C=O) groups excluding carboxylic acids is 1. The summed E-state index contributed by atoms with van der Waals surface area (Å²) in [6.07, 6.45) is 3.40. The Morgan fingerprint density at radius 1 is 1.43 bits per heavy atom. The number of carbonyl (C=O) groups is 1. The predicted octanol–water partition coefficient (Wildman–Crippen LogP) is 2.94. The van der Waals surface area contributed by atoms with E-state index in [1.165, 1.54) is 7.11 Å². The predicted molar refractivity (Wildman–Crippen MR) is 80.6 cm³/mol. The summed E-state index contributed by atoms with van der Waals surface area (Å²) in [5.74, 6) is -0.446. The summed E-state index contributed by atoms with van der Waals surface area (Å²) in [6.45, 7) is 2.94. The van der Waals surface area contributed by atoms with Crippen LogP contribution in [-0.4, -0.2) is 36.3 Å². The first-order valence-electron chi connectivity index (χ1n) is 6.48. The van der Waals surface area contributed by atoms with Gasteiger partial charge in [-0.2, -0.15) is 0 Å². The number of hydrogen-bond donors (Lipinski definition) is 0. The van der Waals surface area contributed by atoms with Crippen LogP contribution in [0.15, 0.2) is 24.5 Å². The van der Waals surface area contributed by atoms with E-state index < -0.39 is 5.97 Å². The van der Waals surface area contributed by atoms with Gasteiger partial charge in [0.05, 0.1) is 30.0 Å². The topological polar surface area (TPSA) is 53.4 Å². The van der Waals surface area contributed by atoms with Gasteiger partial charge in [-0.25, -0.2) is 4.79 Å². The lowest BCUT2D eigenvalue weighted by atomic mass is 10.2. The average Bonchev–Trinajstić information content (AvgIpc) is 2.76. The van der Waals surface area contributed by atoms with Crippen molar-refractivity contribution in [3.8, 4) is 11.3 Å². The second-order valence-corrected chi connectivity index (χ2v) is 4.88. The van der Waals surface area contributed by atoms with Crippen molar-refractivity contribution in [1.29, 1.82) is 0 Å². The van der Waals surface area contributed by atoms with Crippen molar-refractivity contribution in [2.45, 2.75) is 13.5 Å². The number of rotatable bonds is 5. The van der Waals surface area contributed by atoms with Gasteiger partial charge in [-0.3, -0.25) is 4.98 Å². The molecule has 21 heavy (non-hydrogen) atoms. The number of nitrogens with zero attached hydrogens (tertiary/aromatic N) is 2. The number of hydrogen-bond acceptors (Lipinski definition) is 4. The molecule has 0 aliphatic heterocycles. The number of aromatic nitrogens is 2. The molecule has 0 spiro atoms. The SMILES string of the molecule is COCCn1c(C)c(C(=O)OC)c(Cl)c1-c1cccnc1. The molecule has 6 heteroatoms. The third-order valence-corrected chi connectivity index (χ3v) is 3.68. The van der Waals surface area contributed by atoms with E-state index in [9.17, 15) is 4.79 Å². The molecule has 0 N–H and O–H groups in total. The molecule has 0 amide bonds. The fraction of sp³-hybridized carbons (Fsp3) is 0.333. The van der Waals surface area contributed by atoms with Gasteiger partial charge < -0.3 is 14.0 Å². The van der Waals surface area contributed by atoms with Gasteiger partial charge in [0.2, 0.25) is 0 Å². The largest absolute Gasteiger partial charge is 0.465 e. The van der Waals surface area contributed by atoms with Crippen LogP contribution in [0.2, 0.25) is 5.02 Å². The molecular weight excluding hydrogens is 292 g/mol. The zero-order valence-corrected chi connectivity index (χ0v) is 13.0. The fourth-order valence-corrected chi connectivity index (χ4v) is 2.71. The van der Waals surface area contributed by atoms with Crippen LogP contribution in [0.1, 0.15) is 16.1 Å². The van der Waals surface area contributed by atoms with Crippen molar-refractivity contribution in [3.63, 3.8) is 0 Å². The van der Waals surface area contributed by atoms with Gasteiger partial charge in [-0.15, -0.1) is 0 Å². The van der Waals surface area contributed by atoms with Gasteiger partial charge in [0.1, 0.15) is 0 Å². The quantitative estimate of drug-likeness (QED) is 0.797. The molecule has 5 nitrogen and oxygen atoms in total. The van der Waals surface area contributed by atoms with E-state index in [1.807, 2.05) is 23.6 Å². The molecule has 0 saturated carbocycles. The average molecular weight is 309 g/mol. The smallest absolute Gasteiger partial charge is 0.341 e. The van der Waals surface area contributed by atoms with Crippen molar-refractivity contribution >= 4 is 17.6 Å². The van der Waals surface area contributed by atoms with Gasteiger partial charge in [-0.05, 0) is 19.1 Å². The van der Waals surface area contributed by atoms with E-state index in [-0.39, 0.29) is 0 Å². The van der Waals surface area contributed by atoms with Gasteiger partial charge >= 0.3 is 5.97 Å². The van der Waals surface area contributed by atoms with Crippen LogP contribution in [0.3, 0.4) is 0 Å². The summed E-state index contributed by atoms with van der Waals surface area (Å²) in [4.78, 5) is 16.1. The van der Waals surface area contributed by atoms with Crippen molar-refractivity contribution in [3.05, 3.63) is 40.8 Å². The third kappa shape index (κ3) is 2.94. The zero-order chi connectivity index (χ0) is 15.4. The highest BCUT2D eigenvalue weighted by molar-refractivity contribution is 6.36. The number of pyridine rings is 1. The molecule has 0 aromatic carbocycles. The highest BCUT2D eigenvalue weighted by atomic mass is 35.5. The van der Waals surface area contributed by atoms with Crippen LogP contribution >= 0.6 is 11.6 Å². The lowest BCUT2D eigenvalue weighted by Gasteiger charge is -2.11. The fourth-order valence-electron chi connectivity index (χ4n) is 2.29. The number of methoxy groups -OCH3 is 2. The van der Waals surface area contributed by atoms with E-state index in [4.69, 9.17) is 21.1 Å². The van der Waals surface area contributed by atoms with Gasteiger partial charge in [-0.1, -0.05) is 11.6 Å².